The number of aliphatic hydroxyl groups is 1. The molecule has 0 fully saturated rings. The molecule has 0 heterocycles. The Bertz CT molecular complexity index is 2290. The third kappa shape index (κ3) is 70.2. The predicted octanol–water partition coefficient (Wildman–Crippen LogP) is 21.8. The van der Waals surface area contributed by atoms with Gasteiger partial charge in [-0.3, -0.25) is 37.3 Å². The van der Waals surface area contributed by atoms with Gasteiger partial charge in [0, 0.05) is 25.7 Å². The fraction of sp³-hybridized carbons (Fsp3) is 0.722. The Morgan fingerprint density at radius 3 is 0.929 bits per heavy atom. The number of esters is 4. The summed E-state index contributed by atoms with van der Waals surface area (Å²) in [5, 5.41) is 10.6. The van der Waals surface area contributed by atoms with Crippen molar-refractivity contribution in [2.75, 3.05) is 39.6 Å². The second-order valence-electron chi connectivity index (χ2n) is 25.2. The predicted molar refractivity (Wildman–Crippen MR) is 399 cm³/mol. The summed E-state index contributed by atoms with van der Waals surface area (Å²) >= 11 is 0. The summed E-state index contributed by atoms with van der Waals surface area (Å²) in [6.45, 7) is 4.58. The number of hydrogen-bond donors (Lipinski definition) is 3. The number of hydrogen-bond acceptors (Lipinski definition) is 15. The van der Waals surface area contributed by atoms with Crippen LogP contribution < -0.4 is 0 Å². The highest BCUT2D eigenvalue weighted by Gasteiger charge is 2.30. The number of ether oxygens (including phenoxy) is 4. The fourth-order valence-corrected chi connectivity index (χ4v) is 11.5. The molecular formula is C79H136O17P2. The second-order valence-corrected chi connectivity index (χ2v) is 28.1. The van der Waals surface area contributed by atoms with Crippen LogP contribution in [0.5, 0.6) is 0 Å². The Hall–Kier alpha value is -4.28. The molecule has 0 saturated carbocycles. The number of allylic oxidation sites excluding steroid dienone is 18. The summed E-state index contributed by atoms with van der Waals surface area (Å²) in [5.41, 5.74) is 0. The first-order valence-electron chi connectivity index (χ1n) is 38.1. The van der Waals surface area contributed by atoms with Crippen LogP contribution in [-0.4, -0.2) is 96.7 Å². The van der Waals surface area contributed by atoms with Crippen molar-refractivity contribution in [3.05, 3.63) is 109 Å². The van der Waals surface area contributed by atoms with Gasteiger partial charge in [0.15, 0.2) is 12.2 Å². The molecule has 0 aliphatic heterocycles. The molecule has 0 aliphatic rings. The Morgan fingerprint density at radius 2 is 0.571 bits per heavy atom. The zero-order valence-corrected chi connectivity index (χ0v) is 63.2. The molecule has 564 valence electrons. The van der Waals surface area contributed by atoms with Gasteiger partial charge in [-0.15, -0.1) is 0 Å². The average molecular weight is 1420 g/mol. The molecule has 0 aromatic rings. The molecule has 98 heavy (non-hydrogen) atoms. The number of aliphatic hydroxyl groups excluding tert-OH is 1. The van der Waals surface area contributed by atoms with Gasteiger partial charge in [0.1, 0.15) is 19.3 Å². The van der Waals surface area contributed by atoms with E-state index >= 15 is 0 Å². The standard InChI is InChI=1S/C79H136O17P2/c1-5-9-13-17-21-25-29-32-34-35-36-37-39-41-45-48-52-56-60-64-77(82)90-70-75(96-79(84)66-62-58-54-50-46-42-38-33-30-26-22-18-14-10-6-2)72-94-98(87,88)92-68-73(80)67-91-97(85,86)93-71-74(95-78(83)65-61-57-53-49-43-28-24-20-16-12-8-4)69-89-76(81)63-59-55-51-47-44-40-31-27-23-19-15-11-7-3/h9,13,15,19,21,25,27,31-34,36-38,41,45,52,56,73-75,80H,5-8,10-12,14,16-18,20,22-24,26,28-30,35,39-40,42-44,46-51,53-55,57-72H2,1-4H3,(H,85,86)(H,87,88)/b13-9-,19-15-,25-21-,31-27-,34-32-,37-36-,38-33-,45-41-,56-52-. The van der Waals surface area contributed by atoms with Crippen LogP contribution in [0.1, 0.15) is 310 Å². The van der Waals surface area contributed by atoms with E-state index in [1.165, 1.54) is 77.0 Å². The van der Waals surface area contributed by atoms with Gasteiger partial charge in [-0.05, 0) is 116 Å². The van der Waals surface area contributed by atoms with E-state index in [0.717, 1.165) is 148 Å². The number of carbonyl (C=O) groups excluding carboxylic acids is 4. The van der Waals surface area contributed by atoms with Gasteiger partial charge in [0.25, 0.3) is 0 Å². The van der Waals surface area contributed by atoms with Crippen molar-refractivity contribution in [2.24, 2.45) is 0 Å². The molecule has 5 unspecified atom stereocenters. The van der Waals surface area contributed by atoms with E-state index in [1.807, 2.05) is 18.2 Å². The molecule has 0 saturated heterocycles. The van der Waals surface area contributed by atoms with Gasteiger partial charge in [0.05, 0.1) is 26.4 Å². The van der Waals surface area contributed by atoms with Crippen LogP contribution in [0.2, 0.25) is 0 Å². The highest BCUT2D eigenvalue weighted by atomic mass is 31.2. The van der Waals surface area contributed by atoms with Crippen LogP contribution in [0.15, 0.2) is 109 Å². The first-order chi connectivity index (χ1) is 47.7. The molecule has 5 atom stereocenters. The summed E-state index contributed by atoms with van der Waals surface area (Å²) in [5.74, 6) is -2.29. The molecule has 0 rings (SSSR count). The third-order valence-electron chi connectivity index (χ3n) is 15.7. The van der Waals surface area contributed by atoms with Crippen molar-refractivity contribution in [3.8, 4) is 0 Å². The van der Waals surface area contributed by atoms with Crippen LogP contribution in [0.3, 0.4) is 0 Å². The Morgan fingerprint density at radius 1 is 0.296 bits per heavy atom. The average Bonchev–Trinajstić information content (AvgIpc) is 0.992. The number of rotatable bonds is 71. The lowest BCUT2D eigenvalue weighted by atomic mass is 10.1. The van der Waals surface area contributed by atoms with Crippen LogP contribution in [-0.2, 0) is 65.4 Å². The minimum Gasteiger partial charge on any atom is -0.462 e. The van der Waals surface area contributed by atoms with Crippen molar-refractivity contribution in [1.29, 1.82) is 0 Å². The van der Waals surface area contributed by atoms with Crippen LogP contribution in [0.25, 0.3) is 0 Å². The van der Waals surface area contributed by atoms with Gasteiger partial charge in [-0.25, -0.2) is 9.13 Å². The highest BCUT2D eigenvalue weighted by molar-refractivity contribution is 7.47. The molecule has 0 aromatic carbocycles. The smallest absolute Gasteiger partial charge is 0.462 e. The molecule has 3 N–H and O–H groups in total. The number of carbonyl (C=O) groups is 4. The Kier molecular flexibility index (Phi) is 68.0. The fourth-order valence-electron chi connectivity index (χ4n) is 9.93. The Balaban J connectivity index is 5.40. The SMILES string of the molecule is CC/C=C\C/C=C\C/C=C\C/C=C\C/C=C\C/C=C\CCC(=O)OCC(COP(=O)(O)OCC(O)COP(=O)(O)OCC(COC(=O)CCCCCCC/C=C\C/C=C\CCC)OC(=O)CCCCCCCCCCCCC)OC(=O)CCCCCCC/C=C\CCCCCCCC. The van der Waals surface area contributed by atoms with Gasteiger partial charge in [0.2, 0.25) is 0 Å². The first-order valence-corrected chi connectivity index (χ1v) is 41.1. The minimum absolute atomic E-state index is 0.0340. The van der Waals surface area contributed by atoms with Crippen molar-refractivity contribution < 1.29 is 80.2 Å². The molecule has 0 spiro atoms. The van der Waals surface area contributed by atoms with Crippen LogP contribution >= 0.6 is 15.6 Å². The minimum atomic E-state index is -4.99. The lowest BCUT2D eigenvalue weighted by molar-refractivity contribution is -0.161. The summed E-state index contributed by atoms with van der Waals surface area (Å²) in [6, 6.07) is 0. The maximum atomic E-state index is 13.1. The van der Waals surface area contributed by atoms with Gasteiger partial charge in [-0.2, -0.15) is 0 Å². The summed E-state index contributed by atoms with van der Waals surface area (Å²) < 4.78 is 68.3. The normalized spacial score (nSPS) is 14.6. The zero-order chi connectivity index (χ0) is 71.8. The highest BCUT2D eigenvalue weighted by Crippen LogP contribution is 2.45. The largest absolute Gasteiger partial charge is 0.472 e. The maximum absolute atomic E-state index is 13.1. The summed E-state index contributed by atoms with van der Waals surface area (Å²) in [6.07, 6.45) is 75.3. The van der Waals surface area contributed by atoms with E-state index in [9.17, 15) is 43.2 Å². The van der Waals surface area contributed by atoms with Crippen molar-refractivity contribution in [1.82, 2.24) is 0 Å². The molecule has 0 amide bonds. The van der Waals surface area contributed by atoms with Crippen molar-refractivity contribution >= 4 is 39.5 Å². The quantitative estimate of drug-likeness (QED) is 0.0169. The van der Waals surface area contributed by atoms with E-state index in [0.29, 0.717) is 32.1 Å². The van der Waals surface area contributed by atoms with E-state index in [-0.39, 0.29) is 25.7 Å². The van der Waals surface area contributed by atoms with Gasteiger partial charge < -0.3 is 33.8 Å². The Labute approximate surface area is 594 Å². The molecule has 0 aromatic heterocycles. The number of unbranched alkanes of at least 4 members (excludes halogenated alkanes) is 27. The molecule has 0 aliphatic carbocycles. The van der Waals surface area contributed by atoms with E-state index < -0.39 is 97.5 Å². The van der Waals surface area contributed by atoms with Crippen molar-refractivity contribution in [3.63, 3.8) is 0 Å². The summed E-state index contributed by atoms with van der Waals surface area (Å²) in [4.78, 5) is 72.7. The molecule has 19 heteroatoms. The lowest BCUT2D eigenvalue weighted by Crippen LogP contribution is -2.30. The maximum Gasteiger partial charge on any atom is 0.472 e. The number of phosphoric acid groups is 2. The molecular weight excluding hydrogens is 1280 g/mol. The van der Waals surface area contributed by atoms with Gasteiger partial charge >= 0.3 is 39.5 Å². The van der Waals surface area contributed by atoms with E-state index in [1.54, 1.807) is 0 Å². The van der Waals surface area contributed by atoms with Gasteiger partial charge in [-0.1, -0.05) is 278 Å². The van der Waals surface area contributed by atoms with Crippen LogP contribution in [0.4, 0.5) is 0 Å². The zero-order valence-electron chi connectivity index (χ0n) is 61.4. The molecule has 0 radical (unpaired) electrons. The topological polar surface area (TPSA) is 237 Å². The monoisotopic (exact) mass is 1420 g/mol. The van der Waals surface area contributed by atoms with E-state index in [4.69, 9.17) is 37.0 Å². The van der Waals surface area contributed by atoms with E-state index in [2.05, 4.69) is 119 Å². The number of phosphoric ester groups is 2. The van der Waals surface area contributed by atoms with Crippen LogP contribution in [0, 0.1) is 0 Å². The molecule has 17 nitrogen and oxygen atoms in total. The third-order valence-corrected chi connectivity index (χ3v) is 17.6. The van der Waals surface area contributed by atoms with Crippen molar-refractivity contribution in [2.45, 2.75) is 329 Å². The lowest BCUT2D eigenvalue weighted by Gasteiger charge is -2.21. The second kappa shape index (κ2) is 71.1. The molecule has 0 bridgehead atoms. The summed E-state index contributed by atoms with van der Waals surface area (Å²) in [7, 11) is -9.97. The first kappa shape index (κ1) is 93.7.